The van der Waals surface area contributed by atoms with Gasteiger partial charge < -0.3 is 4.90 Å². The fourth-order valence-electron chi connectivity index (χ4n) is 4.36. The van der Waals surface area contributed by atoms with E-state index in [0.717, 1.165) is 28.1 Å². The third-order valence-electron chi connectivity index (χ3n) is 5.78. The number of thioether (sulfide) groups is 1. The second-order valence-electron chi connectivity index (χ2n) is 7.89. The molecule has 2 aliphatic heterocycles. The summed E-state index contributed by atoms with van der Waals surface area (Å²) >= 11 is 1.42. The van der Waals surface area contributed by atoms with Crippen molar-refractivity contribution < 1.29 is 9.59 Å². The highest BCUT2D eigenvalue weighted by Crippen LogP contribution is 2.55. The molecule has 2 aliphatic rings. The topological polar surface area (TPSA) is 40.6 Å². The fraction of sp³-hybridized carbons (Fsp3) is 0.200. The molecule has 1 fully saturated rings. The average molecular weight is 415 g/mol. The molecule has 5 rings (SSSR count). The number of nitrogens with zero attached hydrogens (tertiary/aromatic N) is 2. The van der Waals surface area contributed by atoms with Crippen molar-refractivity contribution in [2.75, 3.05) is 15.6 Å². The number of hydrogen-bond acceptors (Lipinski definition) is 3. The lowest BCUT2D eigenvalue weighted by Crippen LogP contribution is -2.49. The number of rotatable bonds is 3. The molecule has 3 aromatic carbocycles. The second kappa shape index (κ2) is 7.03. The SMILES string of the molecule is Cc1ccc(CN2C(=O)[C@@]3(SCC(=O)N3c3cccc(C)c3)c3ccccc32)cc1. The fourth-order valence-corrected chi connectivity index (χ4v) is 5.72. The Morgan fingerprint density at radius 3 is 2.43 bits per heavy atom. The summed E-state index contributed by atoms with van der Waals surface area (Å²) in [6, 6.07) is 23.9. The maximum Gasteiger partial charge on any atom is 0.269 e. The van der Waals surface area contributed by atoms with Gasteiger partial charge in [0.25, 0.3) is 5.91 Å². The number of benzene rings is 3. The highest BCUT2D eigenvalue weighted by molar-refractivity contribution is 8.02. The van der Waals surface area contributed by atoms with Crippen LogP contribution in [-0.4, -0.2) is 17.6 Å². The molecule has 150 valence electrons. The summed E-state index contributed by atoms with van der Waals surface area (Å²) in [5.41, 5.74) is 5.85. The smallest absolute Gasteiger partial charge is 0.269 e. The van der Waals surface area contributed by atoms with E-state index >= 15 is 0 Å². The van der Waals surface area contributed by atoms with Crippen LogP contribution < -0.4 is 9.80 Å². The van der Waals surface area contributed by atoms with E-state index in [9.17, 15) is 9.59 Å². The predicted molar refractivity (Wildman–Crippen MR) is 122 cm³/mol. The van der Waals surface area contributed by atoms with Crippen molar-refractivity contribution in [1.82, 2.24) is 0 Å². The molecular formula is C25H22N2O2S. The van der Waals surface area contributed by atoms with Gasteiger partial charge in [0.2, 0.25) is 10.8 Å². The maximum atomic E-state index is 14.0. The minimum atomic E-state index is -1.05. The predicted octanol–water partition coefficient (Wildman–Crippen LogP) is 4.78. The van der Waals surface area contributed by atoms with Gasteiger partial charge in [-0.25, -0.2) is 0 Å². The van der Waals surface area contributed by atoms with E-state index in [1.165, 1.54) is 17.3 Å². The summed E-state index contributed by atoms with van der Waals surface area (Å²) in [4.78, 5) is 29.5. The van der Waals surface area contributed by atoms with Crippen LogP contribution in [0, 0.1) is 13.8 Å². The minimum absolute atomic E-state index is 0.0362. The van der Waals surface area contributed by atoms with E-state index in [0.29, 0.717) is 6.54 Å². The van der Waals surface area contributed by atoms with Crippen LogP contribution in [0.25, 0.3) is 0 Å². The first-order valence-corrected chi connectivity index (χ1v) is 11.0. The zero-order valence-electron chi connectivity index (χ0n) is 17.0. The van der Waals surface area contributed by atoms with Gasteiger partial charge in [0, 0.05) is 11.3 Å². The Morgan fingerprint density at radius 2 is 1.67 bits per heavy atom. The number of para-hydroxylation sites is 1. The number of carbonyl (C=O) groups is 2. The first-order valence-electron chi connectivity index (χ1n) is 10.0. The normalized spacial score (nSPS) is 20.3. The molecule has 5 heteroatoms. The highest BCUT2D eigenvalue weighted by atomic mass is 32.2. The van der Waals surface area contributed by atoms with Crippen molar-refractivity contribution in [1.29, 1.82) is 0 Å². The van der Waals surface area contributed by atoms with Crippen molar-refractivity contribution in [3.8, 4) is 0 Å². The van der Waals surface area contributed by atoms with Crippen molar-refractivity contribution in [3.63, 3.8) is 0 Å². The van der Waals surface area contributed by atoms with Gasteiger partial charge in [-0.15, -0.1) is 11.8 Å². The van der Waals surface area contributed by atoms with Gasteiger partial charge in [0.05, 0.1) is 18.0 Å². The van der Waals surface area contributed by atoms with E-state index in [4.69, 9.17) is 0 Å². The molecule has 0 aromatic heterocycles. The van der Waals surface area contributed by atoms with Gasteiger partial charge in [-0.05, 0) is 43.2 Å². The number of hydrogen-bond donors (Lipinski definition) is 0. The molecule has 30 heavy (non-hydrogen) atoms. The number of fused-ring (bicyclic) bond motifs is 2. The Kier molecular flexibility index (Phi) is 4.44. The van der Waals surface area contributed by atoms with Crippen LogP contribution >= 0.6 is 11.8 Å². The molecule has 0 aliphatic carbocycles. The Morgan fingerprint density at radius 1 is 0.900 bits per heavy atom. The largest absolute Gasteiger partial charge is 0.304 e. The van der Waals surface area contributed by atoms with E-state index in [-0.39, 0.29) is 17.6 Å². The number of anilines is 2. The summed E-state index contributed by atoms with van der Waals surface area (Å²) < 4.78 is 0. The first-order chi connectivity index (χ1) is 14.5. The number of carbonyl (C=O) groups excluding carboxylic acids is 2. The average Bonchev–Trinajstić information content (AvgIpc) is 3.21. The van der Waals surface area contributed by atoms with E-state index in [2.05, 4.69) is 31.2 Å². The van der Waals surface area contributed by atoms with E-state index in [1.807, 2.05) is 60.4 Å². The molecule has 3 aromatic rings. The minimum Gasteiger partial charge on any atom is -0.304 e. The highest BCUT2D eigenvalue weighted by Gasteiger charge is 2.60. The molecule has 1 spiro atoms. The lowest BCUT2D eigenvalue weighted by Gasteiger charge is -2.33. The van der Waals surface area contributed by atoms with Gasteiger partial charge in [-0.3, -0.25) is 14.5 Å². The molecule has 2 heterocycles. The van der Waals surface area contributed by atoms with E-state index in [1.54, 1.807) is 4.90 Å². The molecule has 0 radical (unpaired) electrons. The first kappa shape index (κ1) is 18.9. The van der Waals surface area contributed by atoms with Gasteiger partial charge in [0.1, 0.15) is 0 Å². The van der Waals surface area contributed by atoms with Crippen molar-refractivity contribution >= 4 is 35.0 Å². The van der Waals surface area contributed by atoms with Crippen molar-refractivity contribution in [2.24, 2.45) is 0 Å². The quantitative estimate of drug-likeness (QED) is 0.619. The zero-order chi connectivity index (χ0) is 20.9. The van der Waals surface area contributed by atoms with Gasteiger partial charge in [-0.2, -0.15) is 0 Å². The van der Waals surface area contributed by atoms with Crippen molar-refractivity contribution in [2.45, 2.75) is 25.3 Å². The molecule has 1 atom stereocenters. The third kappa shape index (κ3) is 2.76. The lowest BCUT2D eigenvalue weighted by atomic mass is 10.0. The molecule has 0 N–H and O–H groups in total. The van der Waals surface area contributed by atoms with Gasteiger partial charge >= 0.3 is 0 Å². The zero-order valence-corrected chi connectivity index (χ0v) is 17.8. The van der Waals surface area contributed by atoms with Crippen LogP contribution in [0.1, 0.15) is 22.3 Å². The van der Waals surface area contributed by atoms with Gasteiger partial charge in [0.15, 0.2) is 0 Å². The molecule has 0 unspecified atom stereocenters. The molecular weight excluding hydrogens is 392 g/mol. The van der Waals surface area contributed by atoms with Gasteiger partial charge in [-0.1, -0.05) is 60.2 Å². The van der Waals surface area contributed by atoms with E-state index < -0.39 is 4.87 Å². The summed E-state index contributed by atoms with van der Waals surface area (Å²) in [6.45, 7) is 4.53. The number of aryl methyl sites for hydroxylation is 2. The standard InChI is InChI=1S/C25H22N2O2S/c1-17-10-12-19(13-11-17)15-26-22-9-4-3-8-21(22)25(24(26)29)27(23(28)16-30-25)20-7-5-6-18(2)14-20/h3-14H,15-16H2,1-2H3/t25-/m0/s1. The Balaban J connectivity index is 1.64. The second-order valence-corrected chi connectivity index (χ2v) is 9.06. The Labute approximate surface area is 180 Å². The Hall–Kier alpha value is -3.05. The monoisotopic (exact) mass is 414 g/mol. The summed E-state index contributed by atoms with van der Waals surface area (Å²) in [7, 11) is 0. The molecule has 0 saturated carbocycles. The molecule has 0 bridgehead atoms. The molecule has 1 saturated heterocycles. The van der Waals surface area contributed by atoms with Crippen molar-refractivity contribution in [3.05, 3.63) is 95.1 Å². The number of amides is 2. The third-order valence-corrected chi connectivity index (χ3v) is 7.17. The molecule has 4 nitrogen and oxygen atoms in total. The van der Waals surface area contributed by atoms with Crippen LogP contribution in [-0.2, 0) is 21.0 Å². The summed E-state index contributed by atoms with van der Waals surface area (Å²) in [5.74, 6) is 0.194. The maximum absolute atomic E-state index is 14.0. The lowest BCUT2D eigenvalue weighted by molar-refractivity contribution is -0.123. The Bertz CT molecular complexity index is 1160. The molecule has 2 amide bonds. The van der Waals surface area contributed by atoms with Crippen LogP contribution in [0.3, 0.4) is 0 Å². The van der Waals surface area contributed by atoms with Crippen LogP contribution in [0.4, 0.5) is 11.4 Å². The van der Waals surface area contributed by atoms with Crippen LogP contribution in [0.15, 0.2) is 72.8 Å². The summed E-state index contributed by atoms with van der Waals surface area (Å²) in [5, 5.41) is 0. The summed E-state index contributed by atoms with van der Waals surface area (Å²) in [6.07, 6.45) is 0. The van der Waals surface area contributed by atoms with Crippen LogP contribution in [0.2, 0.25) is 0 Å². The van der Waals surface area contributed by atoms with Crippen LogP contribution in [0.5, 0.6) is 0 Å².